The van der Waals surface area contributed by atoms with E-state index in [0.29, 0.717) is 31.3 Å². The molecule has 0 saturated heterocycles. The molecule has 1 unspecified atom stereocenters. The van der Waals surface area contributed by atoms with E-state index < -0.39 is 32.7 Å². The van der Waals surface area contributed by atoms with Crippen LogP contribution in [-0.4, -0.2) is 23.2 Å². The van der Waals surface area contributed by atoms with Gasteiger partial charge in [-0.05, 0) is 31.0 Å². The van der Waals surface area contributed by atoms with Crippen molar-refractivity contribution in [1.29, 1.82) is 5.26 Å². The van der Waals surface area contributed by atoms with Gasteiger partial charge in [0.1, 0.15) is 12.2 Å². The molecular formula is C14H12F3N5O2S. The van der Waals surface area contributed by atoms with Crippen LogP contribution >= 0.6 is 0 Å². The van der Waals surface area contributed by atoms with Gasteiger partial charge in [0.2, 0.25) is 10.0 Å². The number of benzene rings is 1. The van der Waals surface area contributed by atoms with Gasteiger partial charge >= 0.3 is 6.18 Å². The minimum atomic E-state index is -4.91. The zero-order chi connectivity index (χ0) is 18.2. The van der Waals surface area contributed by atoms with Crippen molar-refractivity contribution < 1.29 is 21.6 Å². The number of hydrogen-bond acceptors (Lipinski definition) is 5. The van der Waals surface area contributed by atoms with Crippen molar-refractivity contribution in [3.8, 4) is 6.07 Å². The lowest BCUT2D eigenvalue weighted by molar-refractivity contribution is -0.139. The lowest BCUT2D eigenvalue weighted by Gasteiger charge is -2.23. The molecule has 7 nitrogen and oxygen atoms in total. The topological polar surface area (TPSA) is 101 Å². The van der Waals surface area contributed by atoms with Gasteiger partial charge in [-0.1, -0.05) is 0 Å². The monoisotopic (exact) mass is 371 g/mol. The zero-order valence-electron chi connectivity index (χ0n) is 12.7. The Hall–Kier alpha value is -2.45. The van der Waals surface area contributed by atoms with Crippen molar-refractivity contribution in [3.05, 3.63) is 41.5 Å². The summed E-state index contributed by atoms with van der Waals surface area (Å²) >= 11 is 0. The van der Waals surface area contributed by atoms with Gasteiger partial charge in [-0.3, -0.25) is 0 Å². The molecule has 2 aromatic rings. The molecule has 132 valence electrons. The molecule has 0 amide bonds. The molecule has 0 fully saturated rings. The first-order chi connectivity index (χ1) is 11.7. The first-order valence-electron chi connectivity index (χ1n) is 7.24. The minimum absolute atomic E-state index is 0.274. The van der Waals surface area contributed by atoms with Crippen LogP contribution in [0.5, 0.6) is 0 Å². The summed E-state index contributed by atoms with van der Waals surface area (Å²) in [4.78, 5) is 3.05. The summed E-state index contributed by atoms with van der Waals surface area (Å²) < 4.78 is 68.6. The van der Waals surface area contributed by atoms with E-state index >= 15 is 0 Å². The SMILES string of the molecule is N#Cc1ccc(S(=O)(=O)NC2CCCn3ncnc32)c(C(F)(F)F)c1. The molecule has 3 rings (SSSR count). The first kappa shape index (κ1) is 17.4. The highest BCUT2D eigenvalue weighted by molar-refractivity contribution is 7.89. The largest absolute Gasteiger partial charge is 0.417 e. The van der Waals surface area contributed by atoms with Crippen molar-refractivity contribution in [2.24, 2.45) is 0 Å². The molecule has 1 atom stereocenters. The number of halogens is 3. The van der Waals surface area contributed by atoms with Crippen LogP contribution in [0.3, 0.4) is 0 Å². The van der Waals surface area contributed by atoms with Crippen molar-refractivity contribution in [3.63, 3.8) is 0 Å². The molecule has 0 saturated carbocycles. The molecule has 1 aliphatic heterocycles. The van der Waals surface area contributed by atoms with Crippen LogP contribution in [0.2, 0.25) is 0 Å². The summed E-state index contributed by atoms with van der Waals surface area (Å²) in [7, 11) is -4.48. The van der Waals surface area contributed by atoms with Crippen molar-refractivity contribution >= 4 is 10.0 Å². The van der Waals surface area contributed by atoms with E-state index in [4.69, 9.17) is 5.26 Å². The lowest BCUT2D eigenvalue weighted by atomic mass is 10.1. The second-order valence-electron chi connectivity index (χ2n) is 5.48. The highest BCUT2D eigenvalue weighted by Gasteiger charge is 2.38. The van der Waals surface area contributed by atoms with Crippen LogP contribution in [0.15, 0.2) is 29.4 Å². The van der Waals surface area contributed by atoms with Crippen molar-refractivity contribution in [1.82, 2.24) is 19.5 Å². The normalized spacial score (nSPS) is 17.8. The Morgan fingerprint density at radius 2 is 2.12 bits per heavy atom. The highest BCUT2D eigenvalue weighted by Crippen LogP contribution is 2.35. The summed E-state index contributed by atoms with van der Waals surface area (Å²) in [6.07, 6.45) is -2.63. The fourth-order valence-corrected chi connectivity index (χ4v) is 4.14. The van der Waals surface area contributed by atoms with Gasteiger partial charge in [0.25, 0.3) is 0 Å². The number of fused-ring (bicyclic) bond motifs is 1. The van der Waals surface area contributed by atoms with E-state index in [1.54, 1.807) is 6.07 Å². The molecule has 0 aliphatic carbocycles. The molecule has 11 heteroatoms. The quantitative estimate of drug-likeness (QED) is 0.889. The maximum absolute atomic E-state index is 13.2. The van der Waals surface area contributed by atoms with E-state index in [0.717, 1.165) is 12.1 Å². The molecule has 2 heterocycles. The Balaban J connectivity index is 2.01. The molecular weight excluding hydrogens is 359 g/mol. The number of aryl methyl sites for hydroxylation is 1. The first-order valence-corrected chi connectivity index (χ1v) is 8.72. The highest BCUT2D eigenvalue weighted by atomic mass is 32.2. The third kappa shape index (κ3) is 3.35. The fourth-order valence-electron chi connectivity index (χ4n) is 2.71. The number of sulfonamides is 1. The summed E-state index contributed by atoms with van der Waals surface area (Å²) in [6.45, 7) is 0.568. The summed E-state index contributed by atoms with van der Waals surface area (Å²) in [5.74, 6) is 0.358. The van der Waals surface area contributed by atoms with Gasteiger partial charge in [-0.2, -0.15) is 23.5 Å². The second kappa shape index (κ2) is 6.12. The van der Waals surface area contributed by atoms with Gasteiger partial charge in [0.15, 0.2) is 0 Å². The van der Waals surface area contributed by atoms with Gasteiger partial charge in [0, 0.05) is 6.54 Å². The third-order valence-corrected chi connectivity index (χ3v) is 5.35. The number of alkyl halides is 3. The van der Waals surface area contributed by atoms with Crippen LogP contribution in [0.25, 0.3) is 0 Å². The summed E-state index contributed by atoms with van der Waals surface area (Å²) in [5.41, 5.74) is -1.65. The summed E-state index contributed by atoms with van der Waals surface area (Å²) in [5, 5.41) is 12.7. The Labute approximate surface area is 141 Å². The number of aromatic nitrogens is 3. The Morgan fingerprint density at radius 3 is 2.80 bits per heavy atom. The van der Waals surface area contributed by atoms with E-state index in [9.17, 15) is 21.6 Å². The number of nitrogens with one attached hydrogen (secondary N) is 1. The molecule has 0 radical (unpaired) electrons. The van der Waals surface area contributed by atoms with Crippen LogP contribution in [0.4, 0.5) is 13.2 Å². The minimum Gasteiger partial charge on any atom is -0.248 e. The van der Waals surface area contributed by atoms with Gasteiger partial charge in [-0.15, -0.1) is 0 Å². The van der Waals surface area contributed by atoms with Crippen molar-refractivity contribution in [2.45, 2.75) is 36.5 Å². The van der Waals surface area contributed by atoms with Crippen LogP contribution in [0, 0.1) is 11.3 Å². The Morgan fingerprint density at radius 1 is 1.36 bits per heavy atom. The maximum atomic E-state index is 13.2. The number of nitrogens with zero attached hydrogens (tertiary/aromatic N) is 4. The Bertz CT molecular complexity index is 946. The second-order valence-corrected chi connectivity index (χ2v) is 7.16. The van der Waals surface area contributed by atoms with Gasteiger partial charge in [0.05, 0.1) is 28.1 Å². The van der Waals surface area contributed by atoms with Gasteiger partial charge in [-0.25, -0.2) is 22.8 Å². The number of rotatable bonds is 3. The standard InChI is InChI=1S/C14H12F3N5O2S/c15-14(16,17)10-6-9(7-18)3-4-12(10)25(23,24)21-11-2-1-5-22-13(11)19-8-20-22/h3-4,6,8,11,21H,1-2,5H2. The molecule has 0 spiro atoms. The fraction of sp³-hybridized carbons (Fsp3) is 0.357. The number of hydrogen-bond donors (Lipinski definition) is 1. The third-order valence-electron chi connectivity index (χ3n) is 3.82. The van der Waals surface area contributed by atoms with E-state index in [-0.39, 0.29) is 5.56 Å². The number of nitriles is 1. The summed E-state index contributed by atoms with van der Waals surface area (Å²) in [6, 6.07) is 3.16. The molecule has 1 aromatic carbocycles. The Kier molecular flexibility index (Phi) is 4.26. The van der Waals surface area contributed by atoms with E-state index in [1.807, 2.05) is 0 Å². The van der Waals surface area contributed by atoms with Crippen molar-refractivity contribution in [2.75, 3.05) is 0 Å². The lowest BCUT2D eigenvalue weighted by Crippen LogP contribution is -2.34. The average molecular weight is 371 g/mol. The van der Waals surface area contributed by atoms with Crippen LogP contribution in [-0.2, 0) is 22.7 Å². The predicted octanol–water partition coefficient (Wildman–Crippen LogP) is 1.98. The van der Waals surface area contributed by atoms with E-state index in [1.165, 1.54) is 11.0 Å². The maximum Gasteiger partial charge on any atom is 0.417 e. The van der Waals surface area contributed by atoms with Crippen LogP contribution in [0.1, 0.15) is 35.8 Å². The zero-order valence-corrected chi connectivity index (χ0v) is 13.5. The molecule has 1 N–H and O–H groups in total. The average Bonchev–Trinajstić information content (AvgIpc) is 3.03. The van der Waals surface area contributed by atoms with Gasteiger partial charge < -0.3 is 0 Å². The molecule has 1 aromatic heterocycles. The molecule has 25 heavy (non-hydrogen) atoms. The van der Waals surface area contributed by atoms with E-state index in [2.05, 4.69) is 14.8 Å². The molecule has 0 bridgehead atoms. The molecule has 1 aliphatic rings. The predicted molar refractivity (Wildman–Crippen MR) is 78.5 cm³/mol. The van der Waals surface area contributed by atoms with Crippen LogP contribution < -0.4 is 4.72 Å². The smallest absolute Gasteiger partial charge is 0.248 e.